The van der Waals surface area contributed by atoms with Crippen LogP contribution in [0.2, 0.25) is 0 Å². The molecule has 0 saturated heterocycles. The van der Waals surface area contributed by atoms with E-state index in [0.717, 1.165) is 21.5 Å². The highest BCUT2D eigenvalue weighted by Gasteiger charge is 2.28. The quantitative estimate of drug-likeness (QED) is 0.134. The number of carbonyl (C=O) groups excluding carboxylic acids is 2. The van der Waals surface area contributed by atoms with Gasteiger partial charge in [0, 0.05) is 16.5 Å². The molecule has 35 heavy (non-hydrogen) atoms. The summed E-state index contributed by atoms with van der Waals surface area (Å²) in [7, 11) is 0. The van der Waals surface area contributed by atoms with Gasteiger partial charge in [-0.2, -0.15) is 0 Å². The van der Waals surface area contributed by atoms with Crippen LogP contribution in [0.1, 0.15) is 27.1 Å². The summed E-state index contributed by atoms with van der Waals surface area (Å²) >= 11 is 0. The molecule has 9 rings (SSSR count). The van der Waals surface area contributed by atoms with E-state index in [1.807, 2.05) is 12.1 Å². The van der Waals surface area contributed by atoms with Gasteiger partial charge in [-0.05, 0) is 70.0 Å². The van der Waals surface area contributed by atoms with Crippen molar-refractivity contribution < 1.29 is 9.59 Å². The number of hydrogen-bond acceptors (Lipinski definition) is 2. The predicted molar refractivity (Wildman–Crippen MR) is 145 cm³/mol. The maximum atomic E-state index is 12.8. The monoisotopic (exact) mass is 444 g/mol. The first kappa shape index (κ1) is 17.9. The molecule has 0 atom stereocenters. The molecule has 0 aliphatic heterocycles. The Hall–Kier alpha value is -4.56. The summed E-state index contributed by atoms with van der Waals surface area (Å²) in [5.74, 6) is -0.154. The third-order valence-electron chi connectivity index (χ3n) is 8.31. The molecule has 2 nitrogen and oxygen atoms in total. The molecule has 2 heteroatoms. The minimum atomic E-state index is -0.0769. The SMILES string of the molecule is O=C1CC(=O)c2ccc3c4ccc5c6cccc7cccc(c8ccc(c9ccc1c2c93)c4c85)c76. The van der Waals surface area contributed by atoms with Crippen LogP contribution in [0.5, 0.6) is 0 Å². The van der Waals surface area contributed by atoms with E-state index in [0.29, 0.717) is 11.1 Å². The van der Waals surface area contributed by atoms with Gasteiger partial charge in [0.1, 0.15) is 0 Å². The fourth-order valence-electron chi connectivity index (χ4n) is 6.93. The van der Waals surface area contributed by atoms with Crippen molar-refractivity contribution in [3.05, 3.63) is 96.1 Å². The van der Waals surface area contributed by atoms with Gasteiger partial charge < -0.3 is 0 Å². The number of carbonyl (C=O) groups is 2. The first-order chi connectivity index (χ1) is 17.2. The van der Waals surface area contributed by atoms with Crippen LogP contribution in [-0.2, 0) is 0 Å². The lowest BCUT2D eigenvalue weighted by atomic mass is 9.80. The molecule has 8 aromatic rings. The third kappa shape index (κ3) is 1.92. The van der Waals surface area contributed by atoms with Crippen LogP contribution in [0.3, 0.4) is 0 Å². The zero-order valence-electron chi connectivity index (χ0n) is 18.6. The van der Waals surface area contributed by atoms with Gasteiger partial charge >= 0.3 is 0 Å². The van der Waals surface area contributed by atoms with E-state index in [4.69, 9.17) is 0 Å². The highest BCUT2D eigenvalue weighted by atomic mass is 16.1. The van der Waals surface area contributed by atoms with Crippen LogP contribution in [0.4, 0.5) is 0 Å². The molecule has 1 aliphatic rings. The number of rotatable bonds is 0. The van der Waals surface area contributed by atoms with Crippen molar-refractivity contribution in [1.29, 1.82) is 0 Å². The van der Waals surface area contributed by atoms with E-state index in [1.165, 1.54) is 53.9 Å². The van der Waals surface area contributed by atoms with Gasteiger partial charge in [-0.1, -0.05) is 84.9 Å². The number of hydrogen-bond donors (Lipinski definition) is 0. The summed E-state index contributed by atoms with van der Waals surface area (Å²) in [6.45, 7) is 0. The lowest BCUT2D eigenvalue weighted by Gasteiger charge is -2.22. The molecule has 0 unspecified atom stereocenters. The largest absolute Gasteiger partial charge is 0.294 e. The first-order valence-corrected chi connectivity index (χ1v) is 12.0. The van der Waals surface area contributed by atoms with Crippen LogP contribution < -0.4 is 0 Å². The van der Waals surface area contributed by atoms with Crippen LogP contribution in [0.25, 0.3) is 75.4 Å². The molecule has 0 saturated carbocycles. The number of fused-ring (bicyclic) bond motifs is 4. The molecule has 0 aromatic heterocycles. The van der Waals surface area contributed by atoms with E-state index < -0.39 is 0 Å². The van der Waals surface area contributed by atoms with Crippen molar-refractivity contribution in [2.24, 2.45) is 0 Å². The van der Waals surface area contributed by atoms with E-state index in [9.17, 15) is 9.59 Å². The number of ketones is 2. The van der Waals surface area contributed by atoms with E-state index in [1.54, 1.807) is 0 Å². The molecule has 0 heterocycles. The molecule has 0 spiro atoms. The minimum Gasteiger partial charge on any atom is -0.294 e. The Morgan fingerprint density at radius 3 is 1.20 bits per heavy atom. The average Bonchev–Trinajstić information content (AvgIpc) is 2.89. The van der Waals surface area contributed by atoms with Crippen LogP contribution >= 0.6 is 0 Å². The second kappa shape index (κ2) is 5.73. The summed E-state index contributed by atoms with van der Waals surface area (Å²) in [5, 5.41) is 16.7. The van der Waals surface area contributed by atoms with Crippen molar-refractivity contribution in [2.45, 2.75) is 6.42 Å². The van der Waals surface area contributed by atoms with Crippen LogP contribution in [0, 0.1) is 0 Å². The van der Waals surface area contributed by atoms with E-state index >= 15 is 0 Å². The van der Waals surface area contributed by atoms with Crippen molar-refractivity contribution in [3.63, 3.8) is 0 Å². The van der Waals surface area contributed by atoms with Crippen LogP contribution in [0.15, 0.2) is 84.9 Å². The zero-order chi connectivity index (χ0) is 23.0. The molecule has 0 radical (unpaired) electrons. The number of benzene rings is 8. The molecule has 8 aromatic carbocycles. The fourth-order valence-corrected chi connectivity index (χ4v) is 6.93. The highest BCUT2D eigenvalue weighted by Crippen LogP contribution is 2.48. The Labute approximate surface area is 199 Å². The predicted octanol–water partition coefficient (Wildman–Crippen LogP) is 8.40. The van der Waals surface area contributed by atoms with Crippen molar-refractivity contribution in [1.82, 2.24) is 0 Å². The maximum absolute atomic E-state index is 12.8. The molecule has 0 fully saturated rings. The summed E-state index contributed by atoms with van der Waals surface area (Å²) in [4.78, 5) is 25.5. The fraction of sp³-hybridized carbons (Fsp3) is 0.0303. The number of Topliss-reactive ketones (excluding diaryl/α,β-unsaturated/α-hetero) is 2. The van der Waals surface area contributed by atoms with Gasteiger partial charge in [-0.25, -0.2) is 0 Å². The summed E-state index contributed by atoms with van der Waals surface area (Å²) < 4.78 is 0. The minimum absolute atomic E-state index is 0.0371. The molecule has 0 amide bonds. The van der Waals surface area contributed by atoms with Gasteiger partial charge in [0.2, 0.25) is 0 Å². The Bertz CT molecular complexity index is 2120. The lowest BCUT2D eigenvalue weighted by Crippen LogP contribution is -2.16. The summed E-state index contributed by atoms with van der Waals surface area (Å²) in [6.07, 6.45) is -0.0371. The molecular formula is C33H16O2. The van der Waals surface area contributed by atoms with E-state index in [-0.39, 0.29) is 18.0 Å². The van der Waals surface area contributed by atoms with Gasteiger partial charge in [0.25, 0.3) is 0 Å². The van der Waals surface area contributed by atoms with Gasteiger partial charge in [0.05, 0.1) is 6.42 Å². The van der Waals surface area contributed by atoms with Crippen LogP contribution in [-0.4, -0.2) is 11.6 Å². The van der Waals surface area contributed by atoms with Crippen molar-refractivity contribution in [2.75, 3.05) is 0 Å². The molecule has 1 aliphatic carbocycles. The molecular weight excluding hydrogens is 428 g/mol. The Morgan fingerprint density at radius 1 is 0.371 bits per heavy atom. The first-order valence-electron chi connectivity index (χ1n) is 12.0. The molecule has 0 bridgehead atoms. The van der Waals surface area contributed by atoms with Gasteiger partial charge in [0.15, 0.2) is 11.6 Å². The van der Waals surface area contributed by atoms with Crippen molar-refractivity contribution in [3.8, 4) is 0 Å². The zero-order valence-corrected chi connectivity index (χ0v) is 18.6. The average molecular weight is 444 g/mol. The second-order valence-corrected chi connectivity index (χ2v) is 9.88. The Kier molecular flexibility index (Phi) is 2.93. The third-order valence-corrected chi connectivity index (χ3v) is 8.31. The van der Waals surface area contributed by atoms with Gasteiger partial charge in [-0.15, -0.1) is 0 Å². The Balaban J connectivity index is 1.62. The molecule has 160 valence electrons. The lowest BCUT2D eigenvalue weighted by molar-refractivity contribution is 0.0890. The Morgan fingerprint density at radius 2 is 0.743 bits per heavy atom. The van der Waals surface area contributed by atoms with Gasteiger partial charge in [-0.3, -0.25) is 9.59 Å². The highest BCUT2D eigenvalue weighted by molar-refractivity contribution is 6.44. The standard InChI is InChI=1S/C33H16O2/c34-27-15-28(35)26-14-12-24-22-10-8-20-18-6-2-4-16-3-1-5-17(29(16)18)19-7-9-21(31(22)30(19)20)23-11-13-25(27)33(26)32(23)24/h1-14H,15H2. The molecule has 0 N–H and O–H groups in total. The second-order valence-electron chi connectivity index (χ2n) is 9.88. The summed E-state index contributed by atoms with van der Waals surface area (Å²) in [6, 6.07) is 30.1. The van der Waals surface area contributed by atoms with E-state index in [2.05, 4.69) is 72.8 Å². The summed E-state index contributed by atoms with van der Waals surface area (Å²) in [5.41, 5.74) is 1.35. The van der Waals surface area contributed by atoms with Crippen molar-refractivity contribution >= 4 is 87.0 Å². The topological polar surface area (TPSA) is 34.1 Å². The normalized spacial score (nSPS) is 14.3. The smallest absolute Gasteiger partial charge is 0.171 e. The maximum Gasteiger partial charge on any atom is 0.171 e.